The van der Waals surface area contributed by atoms with Gasteiger partial charge in [0.1, 0.15) is 30.3 Å². The molecule has 3 unspecified atom stereocenters. The minimum absolute atomic E-state index is 0.0498. The van der Waals surface area contributed by atoms with Crippen LogP contribution in [0.5, 0.6) is 11.5 Å². The monoisotopic (exact) mass is 782 g/mol. The van der Waals surface area contributed by atoms with Gasteiger partial charge < -0.3 is 23.3 Å². The molecule has 12 heteroatoms. The average Bonchev–Trinajstić information content (AvgIpc) is 3.18. The Hall–Kier alpha value is -3.76. The molecule has 0 fully saturated rings. The number of benzene rings is 3. The summed E-state index contributed by atoms with van der Waals surface area (Å²) in [5, 5.41) is 13.7. The van der Waals surface area contributed by atoms with Gasteiger partial charge >= 0.3 is 13.7 Å². The highest BCUT2D eigenvalue weighted by Crippen LogP contribution is 2.45. The molecular weight excluding hydrogens is 719 g/mol. The van der Waals surface area contributed by atoms with E-state index in [9.17, 15) is 19.5 Å². The van der Waals surface area contributed by atoms with Crippen molar-refractivity contribution in [1.29, 1.82) is 0 Å². The predicted octanol–water partition coefficient (Wildman–Crippen LogP) is 11.5. The number of nitro benzene ring substituents is 1. The zero-order valence-electron chi connectivity index (χ0n) is 32.9. The molecule has 3 atom stereocenters. The lowest BCUT2D eigenvalue weighted by molar-refractivity contribution is -0.384. The molecular formula is C43H63N2O9P. The zero-order valence-corrected chi connectivity index (χ0v) is 33.8. The van der Waals surface area contributed by atoms with Crippen molar-refractivity contribution in [3.63, 3.8) is 0 Å². The predicted molar refractivity (Wildman–Crippen MR) is 217 cm³/mol. The topological polar surface area (TPSA) is 135 Å². The number of hydrogen-bond acceptors (Lipinski definition) is 9. The van der Waals surface area contributed by atoms with E-state index in [-0.39, 0.29) is 30.4 Å². The summed E-state index contributed by atoms with van der Waals surface area (Å²) < 4.78 is 43.0. The molecule has 0 saturated carbocycles. The number of hydrogen-bond donors (Lipinski definition) is 1. The van der Waals surface area contributed by atoms with E-state index in [1.807, 2.05) is 30.3 Å². The van der Waals surface area contributed by atoms with Crippen molar-refractivity contribution in [2.24, 2.45) is 0 Å². The lowest BCUT2D eigenvalue weighted by Crippen LogP contribution is -2.38. The van der Waals surface area contributed by atoms with Gasteiger partial charge in [-0.15, -0.1) is 0 Å². The SMILES string of the molecule is CCCCCCCCCCCCCCCCCCOCC(COC(=O)C(C)NP(=O)(Oc1ccccc1)Oc1ccc([N+](=O)[O-])cc1)OCc1ccccc1. The van der Waals surface area contributed by atoms with Gasteiger partial charge in [0.2, 0.25) is 0 Å². The summed E-state index contributed by atoms with van der Waals surface area (Å²) in [6.07, 6.45) is 20.4. The minimum Gasteiger partial charge on any atom is -0.462 e. The minimum atomic E-state index is -4.24. The Kier molecular flexibility index (Phi) is 23.0. The van der Waals surface area contributed by atoms with E-state index < -0.39 is 30.8 Å². The fraction of sp³-hybridized carbons (Fsp3) is 0.558. The van der Waals surface area contributed by atoms with Crippen LogP contribution in [0.1, 0.15) is 122 Å². The number of carbonyl (C=O) groups is 1. The number of unbranched alkanes of at least 4 members (excludes halogenated alkanes) is 15. The molecule has 0 heterocycles. The maximum atomic E-state index is 13.9. The molecule has 3 aromatic rings. The largest absolute Gasteiger partial charge is 0.513 e. The molecule has 0 aliphatic rings. The van der Waals surface area contributed by atoms with Crippen LogP contribution in [-0.2, 0) is 30.2 Å². The summed E-state index contributed by atoms with van der Waals surface area (Å²) in [5.41, 5.74) is 0.822. The van der Waals surface area contributed by atoms with E-state index in [2.05, 4.69) is 12.0 Å². The molecule has 1 N–H and O–H groups in total. The molecule has 0 aliphatic heterocycles. The molecule has 55 heavy (non-hydrogen) atoms. The maximum absolute atomic E-state index is 13.9. The lowest BCUT2D eigenvalue weighted by atomic mass is 10.0. The van der Waals surface area contributed by atoms with Crippen molar-refractivity contribution < 1.29 is 37.5 Å². The van der Waals surface area contributed by atoms with E-state index in [1.165, 1.54) is 121 Å². The molecule has 0 spiro atoms. The van der Waals surface area contributed by atoms with E-state index in [0.717, 1.165) is 18.4 Å². The number of nitro groups is 1. The van der Waals surface area contributed by atoms with Crippen LogP contribution in [0, 0.1) is 10.1 Å². The van der Waals surface area contributed by atoms with E-state index in [0.29, 0.717) is 13.2 Å². The van der Waals surface area contributed by atoms with E-state index >= 15 is 0 Å². The van der Waals surface area contributed by atoms with E-state index in [1.54, 1.807) is 30.3 Å². The normalized spacial score (nSPS) is 13.4. The molecule has 11 nitrogen and oxygen atoms in total. The van der Waals surface area contributed by atoms with Gasteiger partial charge in [-0.05, 0) is 43.2 Å². The summed E-state index contributed by atoms with van der Waals surface area (Å²) in [4.78, 5) is 23.7. The smallest absolute Gasteiger partial charge is 0.462 e. The Morgan fingerprint density at radius 1 is 0.691 bits per heavy atom. The third kappa shape index (κ3) is 20.7. The quantitative estimate of drug-likeness (QED) is 0.0214. The molecule has 0 aliphatic carbocycles. The summed E-state index contributed by atoms with van der Waals surface area (Å²) in [6.45, 7) is 4.83. The number of carbonyl (C=O) groups excluding carboxylic acids is 1. The number of para-hydroxylation sites is 1. The van der Waals surface area contributed by atoms with E-state index in [4.69, 9.17) is 23.3 Å². The van der Waals surface area contributed by atoms with Gasteiger partial charge in [-0.1, -0.05) is 152 Å². The molecule has 304 valence electrons. The first-order valence-corrected chi connectivity index (χ1v) is 21.8. The second-order valence-corrected chi connectivity index (χ2v) is 15.6. The van der Waals surface area contributed by atoms with Crippen molar-refractivity contribution in [1.82, 2.24) is 5.09 Å². The van der Waals surface area contributed by atoms with Crippen LogP contribution in [0.3, 0.4) is 0 Å². The fourth-order valence-electron chi connectivity index (χ4n) is 5.95. The third-order valence-corrected chi connectivity index (χ3v) is 10.7. The van der Waals surface area contributed by atoms with Gasteiger partial charge in [-0.25, -0.2) is 4.57 Å². The first kappa shape index (κ1) is 45.6. The van der Waals surface area contributed by atoms with Gasteiger partial charge in [0.05, 0.1) is 18.1 Å². The average molecular weight is 783 g/mol. The van der Waals surface area contributed by atoms with Crippen LogP contribution in [0.2, 0.25) is 0 Å². The van der Waals surface area contributed by atoms with Crippen LogP contribution in [-0.4, -0.2) is 42.9 Å². The van der Waals surface area contributed by atoms with Crippen molar-refractivity contribution in [3.8, 4) is 11.5 Å². The van der Waals surface area contributed by atoms with Crippen LogP contribution < -0.4 is 14.1 Å². The summed E-state index contributed by atoms with van der Waals surface area (Å²) in [5.74, 6) is -0.416. The molecule has 0 aromatic heterocycles. The highest BCUT2D eigenvalue weighted by molar-refractivity contribution is 7.52. The Bertz CT molecular complexity index is 1500. The van der Waals surface area contributed by atoms with Crippen LogP contribution in [0.4, 0.5) is 5.69 Å². The van der Waals surface area contributed by atoms with Gasteiger partial charge in [0, 0.05) is 18.7 Å². The third-order valence-electron chi connectivity index (χ3n) is 9.13. The highest BCUT2D eigenvalue weighted by atomic mass is 31.2. The second-order valence-electron chi connectivity index (χ2n) is 14.0. The van der Waals surface area contributed by atoms with Gasteiger partial charge in [0.15, 0.2) is 0 Å². The molecule has 3 rings (SSSR count). The van der Waals surface area contributed by atoms with Gasteiger partial charge in [-0.2, -0.15) is 5.09 Å². The molecule has 0 saturated heterocycles. The Morgan fingerprint density at radius 3 is 1.71 bits per heavy atom. The fourth-order valence-corrected chi connectivity index (χ4v) is 7.47. The Balaban J connectivity index is 1.40. The standard InChI is InChI=1S/C43H63N2O9P/c1-3-4-5-6-7-8-9-10-11-12-13-14-15-16-17-24-33-50-35-42(51-34-38-25-20-18-21-26-38)36-52-43(46)37(2)44-55(49,53-40-27-22-19-23-28-40)54-41-31-29-39(30-32-41)45(47)48/h18-23,25-32,37,42H,3-17,24,33-36H2,1-2H3,(H,44,49). The number of ether oxygens (including phenoxy) is 3. The summed E-state index contributed by atoms with van der Waals surface area (Å²) in [7, 11) is -4.24. The van der Waals surface area contributed by atoms with Crippen LogP contribution in [0.15, 0.2) is 84.9 Å². The van der Waals surface area contributed by atoms with Gasteiger partial charge in [0.25, 0.3) is 5.69 Å². The number of rotatable bonds is 32. The first-order chi connectivity index (χ1) is 26.8. The summed E-state index contributed by atoms with van der Waals surface area (Å²) in [6, 6.07) is 22.0. The number of nitrogens with zero attached hydrogens (tertiary/aromatic N) is 1. The second kappa shape index (κ2) is 27.8. The molecule has 0 bridgehead atoms. The van der Waals surface area contributed by atoms with Gasteiger partial charge in [-0.3, -0.25) is 14.9 Å². The molecule has 0 amide bonds. The molecule has 0 radical (unpaired) electrons. The van der Waals surface area contributed by atoms with Crippen molar-refractivity contribution in [2.75, 3.05) is 19.8 Å². The first-order valence-electron chi connectivity index (χ1n) is 20.2. The number of non-ortho nitro benzene ring substituents is 1. The lowest BCUT2D eigenvalue weighted by Gasteiger charge is -2.24. The Morgan fingerprint density at radius 2 is 1.18 bits per heavy atom. The number of esters is 1. The zero-order chi connectivity index (χ0) is 39.4. The van der Waals surface area contributed by atoms with Crippen molar-refractivity contribution in [2.45, 2.75) is 135 Å². The van der Waals surface area contributed by atoms with Crippen molar-refractivity contribution in [3.05, 3.63) is 101 Å². The highest BCUT2D eigenvalue weighted by Gasteiger charge is 2.34. The van der Waals surface area contributed by atoms with Crippen LogP contribution >= 0.6 is 7.75 Å². The Labute approximate surface area is 328 Å². The van der Waals surface area contributed by atoms with Crippen LogP contribution in [0.25, 0.3) is 0 Å². The summed E-state index contributed by atoms with van der Waals surface area (Å²) >= 11 is 0. The maximum Gasteiger partial charge on any atom is 0.513 e. The molecule has 3 aromatic carbocycles. The number of nitrogens with one attached hydrogen (secondary N) is 1. The van der Waals surface area contributed by atoms with Crippen molar-refractivity contribution >= 4 is 19.4 Å².